The second-order valence-corrected chi connectivity index (χ2v) is 3.55. The molecule has 1 rings (SSSR count). The Kier molecular flexibility index (Phi) is 4.44. The van der Waals surface area contributed by atoms with Gasteiger partial charge in [0.25, 0.3) is 0 Å². The molecule has 0 radical (unpaired) electrons. The van der Waals surface area contributed by atoms with Gasteiger partial charge in [-0.25, -0.2) is 0 Å². The monoisotopic (exact) mass is 189 g/mol. The predicted octanol–water partition coefficient (Wildman–Crippen LogP) is 2.02. The number of halogens is 1. The number of hydrogen-bond donors (Lipinski definition) is 0. The molecule has 0 aromatic rings. The first-order chi connectivity index (χ1) is 5.84. The Labute approximate surface area is 78.9 Å². The zero-order valence-electron chi connectivity index (χ0n) is 7.39. The first-order valence-corrected chi connectivity index (χ1v) is 5.22. The zero-order chi connectivity index (χ0) is 8.81. The molecule has 1 aliphatic rings. The van der Waals surface area contributed by atoms with Crippen molar-refractivity contribution in [3.63, 3.8) is 0 Å². The van der Waals surface area contributed by atoms with E-state index < -0.39 is 0 Å². The van der Waals surface area contributed by atoms with Crippen LogP contribution in [-0.2, 0) is 4.79 Å². The highest BCUT2D eigenvalue weighted by atomic mass is 35.5. The summed E-state index contributed by atoms with van der Waals surface area (Å²) in [7, 11) is 0. The van der Waals surface area contributed by atoms with E-state index in [1.165, 1.54) is 19.3 Å². The third-order valence-corrected chi connectivity index (χ3v) is 2.55. The van der Waals surface area contributed by atoms with Crippen molar-refractivity contribution in [3.8, 4) is 0 Å². The van der Waals surface area contributed by atoms with Crippen molar-refractivity contribution in [2.75, 3.05) is 19.0 Å². The molecule has 0 aliphatic carbocycles. The van der Waals surface area contributed by atoms with E-state index in [-0.39, 0.29) is 11.8 Å². The molecule has 0 N–H and O–H groups in total. The van der Waals surface area contributed by atoms with Gasteiger partial charge in [-0.05, 0) is 12.8 Å². The molecule has 1 amide bonds. The molecular weight excluding hydrogens is 174 g/mol. The minimum atomic E-state index is 0.0959. The molecule has 0 aromatic carbocycles. The van der Waals surface area contributed by atoms with E-state index in [0.29, 0.717) is 0 Å². The van der Waals surface area contributed by atoms with Gasteiger partial charge in [0.1, 0.15) is 5.88 Å². The molecule has 0 bridgehead atoms. The number of carbonyl (C=O) groups is 1. The lowest BCUT2D eigenvalue weighted by Crippen LogP contribution is -2.34. The van der Waals surface area contributed by atoms with Gasteiger partial charge in [-0.1, -0.05) is 19.3 Å². The third kappa shape index (κ3) is 3.02. The second-order valence-electron chi connectivity index (χ2n) is 3.28. The number of rotatable bonds is 1. The van der Waals surface area contributed by atoms with Gasteiger partial charge in [-0.2, -0.15) is 0 Å². The standard InChI is InChI=1S/C9H16ClNO/c10-8-9(12)11-6-4-2-1-3-5-7-11/h1-8H2. The summed E-state index contributed by atoms with van der Waals surface area (Å²) < 4.78 is 0. The van der Waals surface area contributed by atoms with E-state index in [1.54, 1.807) is 0 Å². The lowest BCUT2D eigenvalue weighted by molar-refractivity contribution is -0.128. The molecule has 70 valence electrons. The highest BCUT2D eigenvalue weighted by Gasteiger charge is 2.12. The molecule has 3 heteroatoms. The summed E-state index contributed by atoms with van der Waals surface area (Å²) >= 11 is 5.49. The van der Waals surface area contributed by atoms with Gasteiger partial charge in [-0.15, -0.1) is 11.6 Å². The van der Waals surface area contributed by atoms with Gasteiger partial charge in [0.15, 0.2) is 0 Å². The Morgan fingerprint density at radius 3 is 2.08 bits per heavy atom. The van der Waals surface area contributed by atoms with Gasteiger partial charge in [0.2, 0.25) is 5.91 Å². The van der Waals surface area contributed by atoms with Gasteiger partial charge in [0, 0.05) is 13.1 Å². The average Bonchev–Trinajstić information content (AvgIpc) is 2.02. The Balaban J connectivity index is 2.34. The molecule has 2 nitrogen and oxygen atoms in total. The number of likely N-dealkylation sites (tertiary alicyclic amines) is 1. The number of hydrogen-bond acceptors (Lipinski definition) is 1. The van der Waals surface area contributed by atoms with Crippen LogP contribution in [0.25, 0.3) is 0 Å². The first kappa shape index (κ1) is 9.85. The summed E-state index contributed by atoms with van der Waals surface area (Å²) in [6, 6.07) is 0. The Morgan fingerprint density at radius 2 is 1.58 bits per heavy atom. The topological polar surface area (TPSA) is 20.3 Å². The van der Waals surface area contributed by atoms with Crippen molar-refractivity contribution < 1.29 is 4.79 Å². The molecule has 0 aromatic heterocycles. The Hall–Kier alpha value is -0.240. The van der Waals surface area contributed by atoms with Gasteiger partial charge >= 0.3 is 0 Å². The summed E-state index contributed by atoms with van der Waals surface area (Å²) in [4.78, 5) is 13.1. The second kappa shape index (κ2) is 5.41. The van der Waals surface area contributed by atoms with Crippen LogP contribution in [0.2, 0.25) is 0 Å². The normalized spacial score (nSPS) is 19.9. The van der Waals surface area contributed by atoms with Crippen LogP contribution in [0.3, 0.4) is 0 Å². The summed E-state index contributed by atoms with van der Waals surface area (Å²) in [6.45, 7) is 1.82. The SMILES string of the molecule is O=C(CCl)N1CCCCCCC1. The van der Waals surface area contributed by atoms with E-state index in [1.807, 2.05) is 4.90 Å². The van der Waals surface area contributed by atoms with Crippen LogP contribution in [0, 0.1) is 0 Å². The van der Waals surface area contributed by atoms with Crippen molar-refractivity contribution in [1.82, 2.24) is 4.90 Å². The maximum atomic E-state index is 11.2. The highest BCUT2D eigenvalue weighted by molar-refractivity contribution is 6.27. The van der Waals surface area contributed by atoms with Crippen LogP contribution in [0.4, 0.5) is 0 Å². The van der Waals surface area contributed by atoms with Gasteiger partial charge < -0.3 is 4.90 Å². The van der Waals surface area contributed by atoms with E-state index >= 15 is 0 Å². The fourth-order valence-corrected chi connectivity index (χ4v) is 1.75. The molecule has 1 heterocycles. The lowest BCUT2D eigenvalue weighted by atomic mass is 10.1. The third-order valence-electron chi connectivity index (χ3n) is 2.32. The average molecular weight is 190 g/mol. The summed E-state index contributed by atoms with van der Waals surface area (Å²) in [6.07, 6.45) is 6.12. The smallest absolute Gasteiger partial charge is 0.237 e. The number of nitrogens with zero attached hydrogens (tertiary/aromatic N) is 1. The van der Waals surface area contributed by atoms with Crippen LogP contribution < -0.4 is 0 Å². The molecule has 1 aliphatic heterocycles. The Morgan fingerprint density at radius 1 is 1.08 bits per heavy atom. The number of amides is 1. The first-order valence-electron chi connectivity index (χ1n) is 4.68. The minimum absolute atomic E-state index is 0.0959. The van der Waals surface area contributed by atoms with Crippen LogP contribution in [0.5, 0.6) is 0 Å². The molecule has 0 saturated carbocycles. The van der Waals surface area contributed by atoms with Crippen molar-refractivity contribution in [2.24, 2.45) is 0 Å². The van der Waals surface area contributed by atoms with E-state index in [9.17, 15) is 4.79 Å². The van der Waals surface area contributed by atoms with E-state index in [2.05, 4.69) is 0 Å². The van der Waals surface area contributed by atoms with Crippen molar-refractivity contribution >= 4 is 17.5 Å². The molecule has 12 heavy (non-hydrogen) atoms. The summed E-state index contributed by atoms with van der Waals surface area (Å²) in [5.41, 5.74) is 0. The van der Waals surface area contributed by atoms with Gasteiger partial charge in [-0.3, -0.25) is 4.79 Å². The summed E-state index contributed by atoms with van der Waals surface area (Å²) in [5, 5.41) is 0. The molecule has 1 saturated heterocycles. The quantitative estimate of drug-likeness (QED) is 0.578. The molecule has 0 spiro atoms. The minimum Gasteiger partial charge on any atom is -0.342 e. The lowest BCUT2D eigenvalue weighted by Gasteiger charge is -2.23. The predicted molar refractivity (Wildman–Crippen MR) is 50.4 cm³/mol. The van der Waals surface area contributed by atoms with Gasteiger partial charge in [0.05, 0.1) is 0 Å². The number of carbonyl (C=O) groups excluding carboxylic acids is 1. The largest absolute Gasteiger partial charge is 0.342 e. The maximum Gasteiger partial charge on any atom is 0.237 e. The molecule has 1 fully saturated rings. The highest BCUT2D eigenvalue weighted by Crippen LogP contribution is 2.10. The summed E-state index contributed by atoms with van der Waals surface area (Å²) in [5.74, 6) is 0.235. The van der Waals surface area contributed by atoms with Crippen LogP contribution in [0.15, 0.2) is 0 Å². The van der Waals surface area contributed by atoms with Crippen molar-refractivity contribution in [3.05, 3.63) is 0 Å². The zero-order valence-corrected chi connectivity index (χ0v) is 8.15. The Bertz CT molecular complexity index is 141. The van der Waals surface area contributed by atoms with Crippen LogP contribution in [-0.4, -0.2) is 29.8 Å². The molecular formula is C9H16ClNO. The van der Waals surface area contributed by atoms with Crippen LogP contribution in [0.1, 0.15) is 32.1 Å². The van der Waals surface area contributed by atoms with Crippen molar-refractivity contribution in [2.45, 2.75) is 32.1 Å². The van der Waals surface area contributed by atoms with E-state index in [4.69, 9.17) is 11.6 Å². The number of alkyl halides is 1. The van der Waals surface area contributed by atoms with E-state index in [0.717, 1.165) is 25.9 Å². The maximum absolute atomic E-state index is 11.2. The van der Waals surface area contributed by atoms with Crippen molar-refractivity contribution in [1.29, 1.82) is 0 Å². The molecule has 0 unspecified atom stereocenters. The fourth-order valence-electron chi connectivity index (χ4n) is 1.58. The molecule has 0 atom stereocenters. The fraction of sp³-hybridized carbons (Fsp3) is 0.889. The van der Waals surface area contributed by atoms with Crippen LogP contribution >= 0.6 is 11.6 Å².